The third kappa shape index (κ3) is 2.03. The van der Waals surface area contributed by atoms with Gasteiger partial charge in [-0.2, -0.15) is 0 Å². The highest BCUT2D eigenvalue weighted by Crippen LogP contribution is 2.38. The van der Waals surface area contributed by atoms with Crippen LogP contribution in [0.2, 0.25) is 0 Å². The minimum atomic E-state index is -0.192. The highest BCUT2D eigenvalue weighted by atomic mass is 16.5. The van der Waals surface area contributed by atoms with E-state index in [-0.39, 0.29) is 17.8 Å². The van der Waals surface area contributed by atoms with Crippen molar-refractivity contribution in [2.45, 2.75) is 20.0 Å². The van der Waals surface area contributed by atoms with Crippen LogP contribution in [-0.4, -0.2) is 5.78 Å². The monoisotopic (exact) mass is 252 g/mol. The van der Waals surface area contributed by atoms with Gasteiger partial charge in [0.1, 0.15) is 11.9 Å². The number of ether oxygens (including phenoxy) is 1. The number of hydrogen-bond acceptors (Lipinski definition) is 2. The van der Waals surface area contributed by atoms with Crippen molar-refractivity contribution in [3.05, 3.63) is 65.2 Å². The lowest BCUT2D eigenvalue weighted by molar-refractivity contribution is 0.0690. The van der Waals surface area contributed by atoms with Crippen molar-refractivity contribution in [3.8, 4) is 5.75 Å². The van der Waals surface area contributed by atoms with Crippen LogP contribution in [0.15, 0.2) is 48.5 Å². The zero-order valence-corrected chi connectivity index (χ0v) is 11.1. The number of carbonyl (C=O) groups excluding carboxylic acids is 1. The average molecular weight is 252 g/mol. The summed E-state index contributed by atoms with van der Waals surface area (Å²) in [6.07, 6.45) is -0.192. The molecule has 2 aromatic carbocycles. The third-order valence-electron chi connectivity index (χ3n) is 3.68. The number of rotatable bonds is 1. The SMILES string of the molecule is Cc1ccc([C@@H]2Oc3ccccc3C(=O)[C@H]2C)cc1. The van der Waals surface area contributed by atoms with Gasteiger partial charge in [-0.1, -0.05) is 48.9 Å². The van der Waals surface area contributed by atoms with Crippen molar-refractivity contribution in [2.75, 3.05) is 0 Å². The van der Waals surface area contributed by atoms with Gasteiger partial charge in [-0.25, -0.2) is 0 Å². The first kappa shape index (κ1) is 12.0. The second-order valence-electron chi connectivity index (χ2n) is 5.10. The molecule has 2 atom stereocenters. The molecule has 0 fully saturated rings. The van der Waals surface area contributed by atoms with E-state index >= 15 is 0 Å². The molecule has 0 aliphatic carbocycles. The van der Waals surface area contributed by atoms with Crippen LogP contribution in [0.1, 0.15) is 34.5 Å². The van der Waals surface area contributed by atoms with Crippen molar-refractivity contribution in [2.24, 2.45) is 5.92 Å². The largest absolute Gasteiger partial charge is 0.484 e. The van der Waals surface area contributed by atoms with Crippen LogP contribution in [-0.2, 0) is 0 Å². The molecule has 19 heavy (non-hydrogen) atoms. The van der Waals surface area contributed by atoms with Crippen LogP contribution in [0, 0.1) is 12.8 Å². The van der Waals surface area contributed by atoms with E-state index in [4.69, 9.17) is 4.74 Å². The summed E-state index contributed by atoms with van der Waals surface area (Å²) in [4.78, 5) is 12.4. The van der Waals surface area contributed by atoms with Gasteiger partial charge in [0.05, 0.1) is 11.5 Å². The van der Waals surface area contributed by atoms with E-state index in [0.717, 1.165) is 5.56 Å². The van der Waals surface area contributed by atoms with Gasteiger partial charge in [0, 0.05) is 0 Å². The highest BCUT2D eigenvalue weighted by molar-refractivity contribution is 6.01. The van der Waals surface area contributed by atoms with Crippen molar-refractivity contribution in [3.63, 3.8) is 0 Å². The lowest BCUT2D eigenvalue weighted by atomic mass is 9.87. The topological polar surface area (TPSA) is 26.3 Å². The second kappa shape index (κ2) is 4.54. The number of benzene rings is 2. The van der Waals surface area contributed by atoms with Crippen LogP contribution in [0.5, 0.6) is 5.75 Å². The Morgan fingerprint density at radius 1 is 1.00 bits per heavy atom. The molecule has 0 saturated carbocycles. The van der Waals surface area contributed by atoms with Gasteiger partial charge in [-0.05, 0) is 24.6 Å². The van der Waals surface area contributed by atoms with Gasteiger partial charge < -0.3 is 4.74 Å². The van der Waals surface area contributed by atoms with E-state index in [1.807, 2.05) is 43.3 Å². The van der Waals surface area contributed by atoms with Crippen LogP contribution < -0.4 is 4.74 Å². The fraction of sp³-hybridized carbons (Fsp3) is 0.235. The van der Waals surface area contributed by atoms with E-state index in [0.29, 0.717) is 11.3 Å². The maximum atomic E-state index is 12.4. The zero-order chi connectivity index (χ0) is 13.4. The first-order valence-electron chi connectivity index (χ1n) is 6.53. The van der Waals surface area contributed by atoms with Gasteiger partial charge >= 0.3 is 0 Å². The van der Waals surface area contributed by atoms with E-state index in [2.05, 4.69) is 19.1 Å². The van der Waals surface area contributed by atoms with Gasteiger partial charge in [0.15, 0.2) is 5.78 Å². The molecule has 0 spiro atoms. The van der Waals surface area contributed by atoms with Gasteiger partial charge in [-0.3, -0.25) is 4.79 Å². The molecule has 0 N–H and O–H groups in total. The number of fused-ring (bicyclic) bond motifs is 1. The summed E-state index contributed by atoms with van der Waals surface area (Å²) in [6.45, 7) is 3.98. The number of aryl methyl sites for hydroxylation is 1. The quantitative estimate of drug-likeness (QED) is 0.768. The Balaban J connectivity index is 2.01. The smallest absolute Gasteiger partial charge is 0.173 e. The molecule has 2 nitrogen and oxygen atoms in total. The Morgan fingerprint density at radius 2 is 1.68 bits per heavy atom. The summed E-state index contributed by atoms with van der Waals surface area (Å²) in [5, 5.41) is 0. The lowest BCUT2D eigenvalue weighted by Crippen LogP contribution is -2.29. The van der Waals surface area contributed by atoms with E-state index in [1.54, 1.807) is 0 Å². The summed E-state index contributed by atoms with van der Waals surface area (Å²) in [5.74, 6) is 0.696. The first-order chi connectivity index (χ1) is 9.16. The molecule has 0 amide bonds. The van der Waals surface area contributed by atoms with E-state index in [1.165, 1.54) is 5.56 Å². The van der Waals surface area contributed by atoms with Crippen molar-refractivity contribution in [1.29, 1.82) is 0 Å². The number of para-hydroxylation sites is 1. The molecule has 1 heterocycles. The van der Waals surface area contributed by atoms with E-state index < -0.39 is 0 Å². The normalized spacial score (nSPS) is 21.7. The summed E-state index contributed by atoms with van der Waals surface area (Å²) in [6, 6.07) is 15.6. The Labute approximate surface area is 113 Å². The summed E-state index contributed by atoms with van der Waals surface area (Å²) >= 11 is 0. The lowest BCUT2D eigenvalue weighted by Gasteiger charge is -2.30. The van der Waals surface area contributed by atoms with Crippen molar-refractivity contribution < 1.29 is 9.53 Å². The second-order valence-corrected chi connectivity index (χ2v) is 5.10. The molecule has 2 aromatic rings. The fourth-order valence-electron chi connectivity index (χ4n) is 2.51. The Bertz CT molecular complexity index is 613. The Kier molecular flexibility index (Phi) is 2.86. The molecule has 1 aliphatic heterocycles. The van der Waals surface area contributed by atoms with Gasteiger partial charge in [0.2, 0.25) is 0 Å². The van der Waals surface area contributed by atoms with Crippen LogP contribution in [0.3, 0.4) is 0 Å². The first-order valence-corrected chi connectivity index (χ1v) is 6.53. The van der Waals surface area contributed by atoms with Gasteiger partial charge in [-0.15, -0.1) is 0 Å². The average Bonchev–Trinajstić information content (AvgIpc) is 2.44. The van der Waals surface area contributed by atoms with Gasteiger partial charge in [0.25, 0.3) is 0 Å². The maximum absolute atomic E-state index is 12.4. The van der Waals surface area contributed by atoms with Crippen molar-refractivity contribution >= 4 is 5.78 Å². The molecule has 96 valence electrons. The van der Waals surface area contributed by atoms with Crippen LogP contribution in [0.25, 0.3) is 0 Å². The Morgan fingerprint density at radius 3 is 2.42 bits per heavy atom. The molecular formula is C17H16O2. The number of carbonyl (C=O) groups is 1. The summed E-state index contributed by atoms with van der Waals surface area (Å²) < 4.78 is 6.02. The van der Waals surface area contributed by atoms with E-state index in [9.17, 15) is 4.79 Å². The molecule has 0 saturated heterocycles. The fourth-order valence-corrected chi connectivity index (χ4v) is 2.51. The van der Waals surface area contributed by atoms with Crippen LogP contribution in [0.4, 0.5) is 0 Å². The molecule has 0 aromatic heterocycles. The number of hydrogen-bond donors (Lipinski definition) is 0. The molecule has 0 bridgehead atoms. The minimum absolute atomic E-state index is 0.155. The van der Waals surface area contributed by atoms with Crippen molar-refractivity contribution in [1.82, 2.24) is 0 Å². The molecule has 2 heteroatoms. The highest BCUT2D eigenvalue weighted by Gasteiger charge is 2.34. The molecule has 0 unspecified atom stereocenters. The predicted molar refractivity (Wildman–Crippen MR) is 74.5 cm³/mol. The zero-order valence-electron chi connectivity index (χ0n) is 11.1. The number of ketones is 1. The maximum Gasteiger partial charge on any atom is 0.173 e. The van der Waals surface area contributed by atoms with Crippen LogP contribution >= 0.6 is 0 Å². The molecular weight excluding hydrogens is 236 g/mol. The molecule has 3 rings (SSSR count). The minimum Gasteiger partial charge on any atom is -0.484 e. The summed E-state index contributed by atoms with van der Waals surface area (Å²) in [5.41, 5.74) is 2.96. The summed E-state index contributed by atoms with van der Waals surface area (Å²) in [7, 11) is 0. The molecule has 0 radical (unpaired) electrons. The molecule has 1 aliphatic rings. The standard InChI is InChI=1S/C17H16O2/c1-11-7-9-13(10-8-11)17-12(2)16(18)14-5-3-4-6-15(14)19-17/h3-10,12,17H,1-2H3/t12-,17-/m1/s1. The Hall–Kier alpha value is -2.09. The number of Topliss-reactive ketones (excluding diaryl/α,β-unsaturated/α-hetero) is 1. The predicted octanol–water partition coefficient (Wildman–Crippen LogP) is 3.95. The third-order valence-corrected chi connectivity index (χ3v) is 3.68.